The molecule has 20 heavy (non-hydrogen) atoms. The maximum absolute atomic E-state index is 12.2. The van der Waals surface area contributed by atoms with E-state index in [1.807, 2.05) is 17.0 Å². The van der Waals surface area contributed by atoms with Gasteiger partial charge in [-0.2, -0.15) is 0 Å². The maximum Gasteiger partial charge on any atom is 0.226 e. The Kier molecular flexibility index (Phi) is 3.55. The summed E-state index contributed by atoms with van der Waals surface area (Å²) in [6.07, 6.45) is 1.08. The van der Waals surface area contributed by atoms with Crippen molar-refractivity contribution in [2.75, 3.05) is 38.2 Å². The highest BCUT2D eigenvalue weighted by molar-refractivity contribution is 5.81. The molecule has 2 atom stereocenters. The summed E-state index contributed by atoms with van der Waals surface area (Å²) in [6, 6.07) is 8.13. The number of amides is 1. The summed E-state index contributed by atoms with van der Waals surface area (Å²) in [5.74, 6) is 2.15. The van der Waals surface area contributed by atoms with E-state index in [0.29, 0.717) is 17.7 Å². The Morgan fingerprint density at radius 3 is 2.25 bits per heavy atom. The molecule has 1 saturated carbocycles. The number of nitrogens with zero attached hydrogens (tertiary/aromatic N) is 2. The predicted molar refractivity (Wildman–Crippen MR) is 79.1 cm³/mol. The third-order valence-corrected chi connectivity index (χ3v) is 4.46. The minimum absolute atomic E-state index is 0.308. The van der Waals surface area contributed by atoms with Gasteiger partial charge in [-0.25, -0.2) is 0 Å². The van der Waals surface area contributed by atoms with Crippen LogP contribution in [0.5, 0.6) is 5.75 Å². The summed E-state index contributed by atoms with van der Waals surface area (Å²) in [5.41, 5.74) is 1.21. The second-order valence-corrected chi connectivity index (χ2v) is 5.83. The van der Waals surface area contributed by atoms with Crippen LogP contribution in [0.15, 0.2) is 24.3 Å². The van der Waals surface area contributed by atoms with Crippen molar-refractivity contribution in [2.45, 2.75) is 13.3 Å². The Hall–Kier alpha value is -1.71. The lowest BCUT2D eigenvalue weighted by atomic mass is 10.2. The first-order chi connectivity index (χ1) is 9.69. The largest absolute Gasteiger partial charge is 0.497 e. The fourth-order valence-corrected chi connectivity index (χ4v) is 2.88. The molecule has 1 saturated heterocycles. The number of carbonyl (C=O) groups excluding carboxylic acids is 1. The number of ether oxygens (including phenoxy) is 1. The molecule has 108 valence electrons. The SMILES string of the molecule is COc1ccc(N2CCN(C(=O)[C@H]3C[C@@H]3C)CC2)cc1. The van der Waals surface area contributed by atoms with Gasteiger partial charge < -0.3 is 14.5 Å². The summed E-state index contributed by atoms with van der Waals surface area (Å²) < 4.78 is 5.18. The van der Waals surface area contributed by atoms with Crippen LogP contribution in [0.3, 0.4) is 0 Å². The van der Waals surface area contributed by atoms with E-state index in [4.69, 9.17) is 4.74 Å². The summed E-state index contributed by atoms with van der Waals surface area (Å²) in [4.78, 5) is 16.6. The van der Waals surface area contributed by atoms with Crippen LogP contribution in [-0.2, 0) is 4.79 Å². The lowest BCUT2D eigenvalue weighted by Crippen LogP contribution is -2.49. The summed E-state index contributed by atoms with van der Waals surface area (Å²) in [6.45, 7) is 5.68. The lowest BCUT2D eigenvalue weighted by molar-refractivity contribution is -0.133. The quantitative estimate of drug-likeness (QED) is 0.845. The van der Waals surface area contributed by atoms with Crippen molar-refractivity contribution in [3.8, 4) is 5.75 Å². The Balaban J connectivity index is 1.56. The van der Waals surface area contributed by atoms with Gasteiger partial charge in [0.05, 0.1) is 7.11 Å². The van der Waals surface area contributed by atoms with Crippen LogP contribution < -0.4 is 9.64 Å². The van der Waals surface area contributed by atoms with E-state index in [2.05, 4.69) is 24.0 Å². The van der Waals surface area contributed by atoms with Crippen molar-refractivity contribution in [3.63, 3.8) is 0 Å². The zero-order valence-electron chi connectivity index (χ0n) is 12.2. The van der Waals surface area contributed by atoms with Crippen LogP contribution in [0.2, 0.25) is 0 Å². The molecule has 0 radical (unpaired) electrons. The molecule has 1 aromatic rings. The number of hydrogen-bond acceptors (Lipinski definition) is 3. The summed E-state index contributed by atoms with van der Waals surface area (Å²) in [7, 11) is 1.68. The van der Waals surface area contributed by atoms with Gasteiger partial charge in [0.1, 0.15) is 5.75 Å². The van der Waals surface area contributed by atoms with E-state index >= 15 is 0 Å². The van der Waals surface area contributed by atoms with E-state index in [1.165, 1.54) is 5.69 Å². The van der Waals surface area contributed by atoms with E-state index < -0.39 is 0 Å². The first-order valence-electron chi connectivity index (χ1n) is 7.37. The first-order valence-corrected chi connectivity index (χ1v) is 7.37. The van der Waals surface area contributed by atoms with Crippen LogP contribution in [-0.4, -0.2) is 44.1 Å². The average Bonchev–Trinajstić information content (AvgIpc) is 3.24. The topological polar surface area (TPSA) is 32.8 Å². The van der Waals surface area contributed by atoms with Gasteiger partial charge in [0.2, 0.25) is 5.91 Å². The molecule has 1 heterocycles. The zero-order valence-corrected chi connectivity index (χ0v) is 12.2. The highest BCUT2D eigenvalue weighted by Gasteiger charge is 2.41. The molecule has 1 aliphatic heterocycles. The molecule has 0 N–H and O–H groups in total. The Morgan fingerprint density at radius 2 is 1.75 bits per heavy atom. The summed E-state index contributed by atoms with van der Waals surface area (Å²) in [5, 5.41) is 0. The molecule has 2 fully saturated rings. The Morgan fingerprint density at radius 1 is 1.15 bits per heavy atom. The van der Waals surface area contributed by atoms with Crippen molar-refractivity contribution in [3.05, 3.63) is 24.3 Å². The van der Waals surface area contributed by atoms with E-state index in [-0.39, 0.29) is 0 Å². The normalized spacial score (nSPS) is 25.5. The van der Waals surface area contributed by atoms with E-state index in [9.17, 15) is 4.79 Å². The van der Waals surface area contributed by atoms with Crippen LogP contribution in [0.1, 0.15) is 13.3 Å². The van der Waals surface area contributed by atoms with Crippen LogP contribution >= 0.6 is 0 Å². The third kappa shape index (κ3) is 2.60. The van der Waals surface area contributed by atoms with Crippen molar-refractivity contribution in [2.24, 2.45) is 11.8 Å². The monoisotopic (exact) mass is 274 g/mol. The van der Waals surface area contributed by atoms with Crippen LogP contribution in [0.25, 0.3) is 0 Å². The molecule has 1 amide bonds. The number of carbonyl (C=O) groups is 1. The van der Waals surface area contributed by atoms with Crippen molar-refractivity contribution >= 4 is 11.6 Å². The van der Waals surface area contributed by atoms with Gasteiger partial charge in [-0.15, -0.1) is 0 Å². The fraction of sp³-hybridized carbons (Fsp3) is 0.562. The molecule has 2 aliphatic rings. The van der Waals surface area contributed by atoms with E-state index in [1.54, 1.807) is 7.11 Å². The fourth-order valence-electron chi connectivity index (χ4n) is 2.88. The molecule has 4 heteroatoms. The highest BCUT2D eigenvalue weighted by Crippen LogP contribution is 2.39. The minimum atomic E-state index is 0.308. The van der Waals surface area contributed by atoms with Crippen LogP contribution in [0.4, 0.5) is 5.69 Å². The van der Waals surface area contributed by atoms with Gasteiger partial charge in [-0.3, -0.25) is 4.79 Å². The zero-order chi connectivity index (χ0) is 14.1. The number of hydrogen-bond donors (Lipinski definition) is 0. The van der Waals surface area contributed by atoms with Gasteiger partial charge in [-0.1, -0.05) is 6.92 Å². The lowest BCUT2D eigenvalue weighted by Gasteiger charge is -2.36. The second-order valence-electron chi connectivity index (χ2n) is 5.83. The van der Waals surface area contributed by atoms with Gasteiger partial charge >= 0.3 is 0 Å². The highest BCUT2D eigenvalue weighted by atomic mass is 16.5. The minimum Gasteiger partial charge on any atom is -0.497 e. The Labute approximate surface area is 120 Å². The smallest absolute Gasteiger partial charge is 0.226 e. The average molecular weight is 274 g/mol. The summed E-state index contributed by atoms with van der Waals surface area (Å²) >= 11 is 0. The number of benzene rings is 1. The Bertz CT molecular complexity index is 478. The molecule has 0 bridgehead atoms. The molecule has 0 unspecified atom stereocenters. The molecular formula is C16H22N2O2. The molecule has 1 aliphatic carbocycles. The molecule has 0 aromatic heterocycles. The van der Waals surface area contributed by atoms with Crippen molar-refractivity contribution in [1.82, 2.24) is 4.90 Å². The van der Waals surface area contributed by atoms with Gasteiger partial charge in [0.25, 0.3) is 0 Å². The molecule has 4 nitrogen and oxygen atoms in total. The van der Waals surface area contributed by atoms with Crippen LogP contribution in [0, 0.1) is 11.8 Å². The first kappa shape index (κ1) is 13.3. The molecule has 0 spiro atoms. The number of rotatable bonds is 3. The maximum atomic E-state index is 12.2. The third-order valence-electron chi connectivity index (χ3n) is 4.46. The van der Waals surface area contributed by atoms with Gasteiger partial charge in [0, 0.05) is 37.8 Å². The second kappa shape index (κ2) is 5.35. The van der Waals surface area contributed by atoms with E-state index in [0.717, 1.165) is 38.3 Å². The predicted octanol–water partition coefficient (Wildman–Crippen LogP) is 2.00. The number of piperazine rings is 1. The number of anilines is 1. The molecular weight excluding hydrogens is 252 g/mol. The van der Waals surface area contributed by atoms with Gasteiger partial charge in [-0.05, 0) is 36.6 Å². The molecule has 1 aromatic carbocycles. The standard InChI is InChI=1S/C16H22N2O2/c1-12-11-15(12)16(19)18-9-7-17(8-10-18)13-3-5-14(20-2)6-4-13/h3-6,12,15H,7-11H2,1-2H3/t12-,15-/m0/s1. The van der Waals surface area contributed by atoms with Gasteiger partial charge in [0.15, 0.2) is 0 Å². The van der Waals surface area contributed by atoms with Crippen molar-refractivity contribution < 1.29 is 9.53 Å². The molecule has 3 rings (SSSR count). The number of methoxy groups -OCH3 is 1. The van der Waals surface area contributed by atoms with Crippen molar-refractivity contribution in [1.29, 1.82) is 0 Å².